The van der Waals surface area contributed by atoms with Crippen LogP contribution in [0.4, 0.5) is 11.6 Å². The number of nitrogens with zero attached hydrogens (tertiary/aromatic N) is 10. The van der Waals surface area contributed by atoms with Crippen molar-refractivity contribution in [1.29, 1.82) is 0 Å². The van der Waals surface area contributed by atoms with E-state index in [0.717, 1.165) is 0 Å². The summed E-state index contributed by atoms with van der Waals surface area (Å²) in [5, 5.41) is 11.6. The van der Waals surface area contributed by atoms with E-state index in [1.54, 1.807) is 5.48 Å². The van der Waals surface area contributed by atoms with Gasteiger partial charge in [0.2, 0.25) is 5.91 Å². The molecule has 10 rings (SSSR count). The topological polar surface area (TPSA) is 442 Å². The molecule has 0 fully saturated rings. The van der Waals surface area contributed by atoms with Gasteiger partial charge in [-0.3, -0.25) is 41.2 Å². The number of ether oxygens (including phenoxy) is 2. The number of carbonyl (C=O) groups is 1. The molecule has 6 aromatic rings. The number of benzene rings is 4. The zero-order valence-corrected chi connectivity index (χ0v) is 68.8. The molecular formula is C69H99N11O21S5Si3+2. The number of carbonyl (C=O) groups excluding carboxylic acids is 1. The summed E-state index contributed by atoms with van der Waals surface area (Å²) in [6.45, 7) is 11.7. The Morgan fingerprint density at radius 3 is 1.04 bits per heavy atom. The fraction of sp³-hybridized carbons (Fsp3) is 0.522. The molecule has 0 saturated heterocycles. The summed E-state index contributed by atoms with van der Waals surface area (Å²) in [7, 11) is -33.7. The van der Waals surface area contributed by atoms with Crippen LogP contribution >= 0.6 is 0 Å². The third-order valence-corrected chi connectivity index (χ3v) is 35.7. The lowest BCUT2D eigenvalue weighted by Crippen LogP contribution is -2.70. The van der Waals surface area contributed by atoms with Crippen LogP contribution in [0, 0.1) is 0 Å². The van der Waals surface area contributed by atoms with Gasteiger partial charge in [-0.15, -0.1) is 0 Å². The van der Waals surface area contributed by atoms with Crippen LogP contribution in [0.5, 0.6) is 0 Å². The monoisotopic (exact) mass is 1660 g/mol. The molecule has 4 aliphatic rings. The van der Waals surface area contributed by atoms with Gasteiger partial charge in [0.25, 0.3) is 50.6 Å². The van der Waals surface area contributed by atoms with Crippen LogP contribution in [-0.2, 0) is 73.1 Å². The summed E-state index contributed by atoms with van der Waals surface area (Å²) in [6.07, 6.45) is 2.74. The number of aliphatic imine (C=N–C) groups is 4. The van der Waals surface area contributed by atoms with Crippen LogP contribution in [0.25, 0.3) is 21.5 Å². The smallest absolute Gasteiger partial charge is 0.404 e. The summed E-state index contributed by atoms with van der Waals surface area (Å²) in [5.74, 6) is -0.985. The predicted octanol–water partition coefficient (Wildman–Crippen LogP) is 7.50. The van der Waals surface area contributed by atoms with Gasteiger partial charge in [-0.25, -0.2) is 35.4 Å². The summed E-state index contributed by atoms with van der Waals surface area (Å²) >= 11 is 0. The predicted molar refractivity (Wildman–Crippen MR) is 421 cm³/mol. The van der Waals surface area contributed by atoms with Gasteiger partial charge in [-0.05, 0) is 115 Å². The minimum Gasteiger partial charge on any atom is -0.404 e. The number of nitrogens with one attached hydrogen (secondary N) is 1. The Labute approximate surface area is 639 Å². The molecule has 0 radical (unpaired) electrons. The number of aromatic nitrogens is 2. The molecule has 0 aliphatic carbocycles. The van der Waals surface area contributed by atoms with E-state index in [4.69, 9.17) is 52.9 Å². The second kappa shape index (κ2) is 35.8. The zero-order valence-electron chi connectivity index (χ0n) is 61.7. The van der Waals surface area contributed by atoms with Crippen LogP contribution in [0.2, 0.25) is 38.3 Å². The molecule has 4 aromatic carbocycles. The first-order valence-electron chi connectivity index (χ1n) is 36.6. The SMILES string of the molecule is C[Si](C)(CCC[N+](CCCCS(=O)(=O)O)(CCCCS(=O)(=O)O)CCCCS(=O)(=O)O)O[Si]1(O[Si](C)(C)CCC[N+](CCCCS(=O)(=O)O)(CCCCS(=O)(=O)O)CCOCCOCCC(=O)NO)n2c3c4ccccc4c2N=C2N=C(N=c4c5ccccc5c(n41)=NC1=NC(=N3)c3ccccc31)c1ccccc12. The molecule has 1 amide bonds. The Morgan fingerprint density at radius 1 is 0.394 bits per heavy atom. The normalized spacial score (nSPS) is 16.1. The minimum absolute atomic E-state index is 0.0172. The number of amides is 1. The lowest BCUT2D eigenvalue weighted by Gasteiger charge is -2.44. The highest BCUT2D eigenvalue weighted by Gasteiger charge is 2.58. The number of rotatable bonds is 46. The summed E-state index contributed by atoms with van der Waals surface area (Å²) < 4.78 is 204. The van der Waals surface area contributed by atoms with Crippen LogP contribution in [0.15, 0.2) is 127 Å². The van der Waals surface area contributed by atoms with E-state index in [9.17, 15) is 69.6 Å². The standard InChI is InChI=1S/C69H97N11O21S5Si3/c1-107(2,51-23-39-79(34-13-18-46-102(83,84)85,35-14-19-47-103(86,87)88)36-15-20-48-104(89,90)91)100-109(101-108(3,4)52-24-40-80(37-16-21-49-105(92,93)94,38-17-22-50-106(95,96)97)41-43-99-45-44-98-42-33-61(81)76-82)77-66-57-29-9-10-30-58(57)68(77)74-64-55-27-7-8-28-56(55)65(71-64)75-69-60-32-12-11-31-59(60)67(78(69)109)73-63-54-26-6-5-25-53(54)62(70-63)72-66/h5-12,25-32H,13-24,33-52H2,1-4H3,(H5-2,70,71,72,73,74,75,76,81,82,83,84,85,86,87,88,89,90,91,92,93,94,95,96,97)/p+2. The van der Waals surface area contributed by atoms with E-state index in [1.165, 1.54) is 0 Å². The highest BCUT2D eigenvalue weighted by molar-refractivity contribution is 7.86. The van der Waals surface area contributed by atoms with E-state index in [-0.39, 0.29) is 73.9 Å². The first kappa shape index (κ1) is 85.1. The Morgan fingerprint density at radius 2 is 0.697 bits per heavy atom. The van der Waals surface area contributed by atoms with Gasteiger partial charge in [0.15, 0.2) is 40.0 Å². The van der Waals surface area contributed by atoms with Gasteiger partial charge in [0.1, 0.15) is 29.2 Å². The van der Waals surface area contributed by atoms with Gasteiger partial charge in [-0.1, -0.05) is 97.1 Å². The molecule has 1 atom stereocenters. The van der Waals surface area contributed by atoms with Crippen molar-refractivity contribution in [3.63, 3.8) is 0 Å². The summed E-state index contributed by atoms with van der Waals surface area (Å²) in [6, 6.07) is 31.7. The highest BCUT2D eigenvalue weighted by Crippen LogP contribution is 2.46. The first-order valence-corrected chi connectivity index (χ1v) is 52.6. The van der Waals surface area contributed by atoms with Crippen molar-refractivity contribution in [2.45, 2.75) is 122 Å². The van der Waals surface area contributed by atoms with Crippen molar-refractivity contribution < 1.29 is 102 Å². The van der Waals surface area contributed by atoms with Gasteiger partial charge >= 0.3 is 8.88 Å². The fourth-order valence-electron chi connectivity index (χ4n) is 14.9. The van der Waals surface area contributed by atoms with Crippen molar-refractivity contribution in [2.75, 3.05) is 108 Å². The van der Waals surface area contributed by atoms with E-state index in [1.807, 2.05) is 106 Å². The molecule has 1 unspecified atom stereocenters. The molecule has 6 heterocycles. The lowest BCUT2D eigenvalue weighted by molar-refractivity contribution is -0.929. The second-order valence-corrected chi connectivity index (χ2v) is 49.1. The molecule has 0 spiro atoms. The van der Waals surface area contributed by atoms with E-state index < -0.39 is 111 Å². The number of fused-ring (bicyclic) bond motifs is 14. The van der Waals surface area contributed by atoms with Gasteiger partial charge in [0, 0.05) is 43.8 Å². The maximum atomic E-state index is 12.2. The Hall–Kier alpha value is -6.37. The second-order valence-electron chi connectivity index (χ2n) is 29.5. The third-order valence-electron chi connectivity index (χ3n) is 20.1. The van der Waals surface area contributed by atoms with Gasteiger partial charge < -0.3 is 26.7 Å². The van der Waals surface area contributed by atoms with E-state index in [2.05, 4.69) is 26.2 Å². The Bertz CT molecular complexity index is 4890. The molecular weight excluding hydrogens is 1560 g/mol. The third kappa shape index (κ3) is 23.2. The van der Waals surface area contributed by atoms with Crippen LogP contribution in [0.3, 0.4) is 0 Å². The van der Waals surface area contributed by atoms with Gasteiger partial charge in [-0.2, -0.15) is 42.1 Å². The van der Waals surface area contributed by atoms with Crippen molar-refractivity contribution in [2.24, 2.45) is 30.0 Å². The number of hydrogen-bond donors (Lipinski definition) is 7. The molecule has 4 aliphatic heterocycles. The molecule has 40 heteroatoms. The molecule has 0 saturated carbocycles. The molecule has 7 N–H and O–H groups in total. The average Bonchev–Trinajstić information content (AvgIpc) is 1.52. The minimum atomic E-state index is -4.97. The number of quaternary nitrogens is 2. The largest absolute Gasteiger partial charge is 0.582 e. The van der Waals surface area contributed by atoms with Crippen molar-refractivity contribution in [3.05, 3.63) is 130 Å². The Kier molecular flexibility index (Phi) is 27.9. The lowest BCUT2D eigenvalue weighted by atomic mass is 10.1. The molecule has 32 nitrogen and oxygen atoms in total. The highest BCUT2D eigenvalue weighted by atomic mass is 32.2. The summed E-state index contributed by atoms with van der Waals surface area (Å²) in [4.78, 5) is 44.9. The van der Waals surface area contributed by atoms with Crippen LogP contribution in [0.1, 0.15) is 106 Å². The van der Waals surface area contributed by atoms with Crippen molar-refractivity contribution in [3.8, 4) is 0 Å². The quantitative estimate of drug-likeness (QED) is 0.00485. The van der Waals surface area contributed by atoms with Crippen LogP contribution in [-0.4, -0.2) is 250 Å². The average molecular weight is 1660 g/mol. The summed E-state index contributed by atoms with van der Waals surface area (Å²) in [5.41, 5.74) is 5.18. The maximum absolute atomic E-state index is 12.2. The first-order chi connectivity index (χ1) is 51.4. The van der Waals surface area contributed by atoms with Crippen molar-refractivity contribution in [1.82, 2.24) is 13.9 Å². The molecule has 596 valence electrons. The van der Waals surface area contributed by atoms with Crippen LogP contribution < -0.4 is 16.5 Å². The maximum Gasteiger partial charge on any atom is 0.582 e. The molecule has 6 bridgehead atoms. The number of unbranched alkanes of at least 4 members (excludes halogenated alkanes) is 5. The van der Waals surface area contributed by atoms with E-state index >= 15 is 0 Å². The number of amidine groups is 4. The fourth-order valence-corrected chi connectivity index (χ4v) is 30.3. The van der Waals surface area contributed by atoms with Crippen molar-refractivity contribution >= 4 is 139 Å². The Balaban J connectivity index is 1.16. The number of hydrogen-bond acceptors (Lipinski definition) is 22. The van der Waals surface area contributed by atoms with E-state index in [0.29, 0.717) is 199 Å². The molecule has 2 aromatic heterocycles. The number of hydroxylamine groups is 1. The zero-order chi connectivity index (χ0) is 78.7. The van der Waals surface area contributed by atoms with Gasteiger partial charge in [0.05, 0.1) is 107 Å². The molecule has 109 heavy (non-hydrogen) atoms.